The van der Waals surface area contributed by atoms with Gasteiger partial charge in [-0.15, -0.1) is 0 Å². The lowest BCUT2D eigenvalue weighted by Crippen LogP contribution is -2.49. The normalized spacial score (nSPS) is 39.9. The van der Waals surface area contributed by atoms with Gasteiger partial charge in [-0.2, -0.15) is 0 Å². The van der Waals surface area contributed by atoms with Crippen LogP contribution in [0.5, 0.6) is 0 Å². The first-order valence-electron chi connectivity index (χ1n) is 6.61. The van der Waals surface area contributed by atoms with Crippen LogP contribution in [-0.2, 0) is 9.53 Å². The lowest BCUT2D eigenvalue weighted by molar-refractivity contribution is -0.132. The average Bonchev–Trinajstić information content (AvgIpc) is 2.99. The van der Waals surface area contributed by atoms with E-state index in [0.29, 0.717) is 19.5 Å². The Morgan fingerprint density at radius 3 is 2.89 bits per heavy atom. The van der Waals surface area contributed by atoms with Crippen LogP contribution in [0.15, 0.2) is 0 Å². The Balaban J connectivity index is 1.69. The Kier molecular flexibility index (Phi) is 2.79. The van der Waals surface area contributed by atoms with Crippen LogP contribution in [-0.4, -0.2) is 54.2 Å². The third kappa shape index (κ3) is 1.80. The predicted octanol–water partition coefficient (Wildman–Crippen LogP) is -0.162. The maximum Gasteiger partial charge on any atom is 0.325 e. The molecule has 3 heterocycles. The lowest BCUT2D eigenvalue weighted by Gasteiger charge is -2.21. The molecule has 0 aromatic heterocycles. The fraction of sp³-hybridized carbons (Fsp3) is 0.833. The van der Waals surface area contributed by atoms with Gasteiger partial charge in [-0.25, -0.2) is 4.79 Å². The van der Waals surface area contributed by atoms with E-state index in [2.05, 4.69) is 10.6 Å². The van der Waals surface area contributed by atoms with E-state index in [4.69, 9.17) is 4.74 Å². The van der Waals surface area contributed by atoms with Gasteiger partial charge in [0.1, 0.15) is 5.54 Å². The minimum absolute atomic E-state index is 0.000729. The molecule has 3 aliphatic heterocycles. The number of nitrogens with one attached hydrogen (secondary N) is 2. The minimum Gasteiger partial charge on any atom is -0.373 e. The molecule has 2 N–H and O–H groups in total. The molecule has 3 atom stereocenters. The average molecular weight is 253 g/mol. The topological polar surface area (TPSA) is 70.7 Å². The van der Waals surface area contributed by atoms with Crippen molar-refractivity contribution < 1.29 is 14.3 Å². The van der Waals surface area contributed by atoms with Crippen LogP contribution in [0.4, 0.5) is 4.79 Å². The predicted molar refractivity (Wildman–Crippen MR) is 64.0 cm³/mol. The fourth-order valence-electron chi connectivity index (χ4n) is 3.05. The summed E-state index contributed by atoms with van der Waals surface area (Å²) in [7, 11) is 0. The van der Waals surface area contributed by atoms with E-state index < -0.39 is 5.54 Å². The van der Waals surface area contributed by atoms with Crippen molar-refractivity contribution in [1.82, 2.24) is 15.5 Å². The van der Waals surface area contributed by atoms with Gasteiger partial charge in [0, 0.05) is 6.54 Å². The molecule has 0 aromatic rings. The second kappa shape index (κ2) is 4.20. The highest BCUT2D eigenvalue weighted by Crippen LogP contribution is 2.27. The number of imide groups is 1. The minimum atomic E-state index is -0.693. The summed E-state index contributed by atoms with van der Waals surface area (Å²) in [6.45, 7) is 3.72. The zero-order valence-electron chi connectivity index (χ0n) is 10.6. The Hall–Kier alpha value is -1.14. The Morgan fingerprint density at radius 1 is 1.44 bits per heavy atom. The molecule has 6 heteroatoms. The van der Waals surface area contributed by atoms with Gasteiger partial charge >= 0.3 is 6.03 Å². The van der Waals surface area contributed by atoms with Gasteiger partial charge in [-0.3, -0.25) is 9.69 Å². The van der Waals surface area contributed by atoms with Crippen LogP contribution in [0.25, 0.3) is 0 Å². The van der Waals surface area contributed by atoms with Crippen molar-refractivity contribution in [1.29, 1.82) is 0 Å². The SMILES string of the molecule is CC1CCC(CN2C(=O)NC3(CCNC3)C2=O)O1. The second-order valence-corrected chi connectivity index (χ2v) is 5.50. The van der Waals surface area contributed by atoms with Gasteiger partial charge in [0.2, 0.25) is 0 Å². The lowest BCUT2D eigenvalue weighted by atomic mass is 9.99. The number of rotatable bonds is 2. The fourth-order valence-corrected chi connectivity index (χ4v) is 3.05. The highest BCUT2D eigenvalue weighted by molar-refractivity contribution is 6.07. The summed E-state index contributed by atoms with van der Waals surface area (Å²) in [4.78, 5) is 25.6. The third-order valence-electron chi connectivity index (χ3n) is 4.11. The van der Waals surface area contributed by atoms with Crippen molar-refractivity contribution in [3.8, 4) is 0 Å². The molecule has 3 aliphatic rings. The number of carbonyl (C=O) groups excluding carboxylic acids is 2. The van der Waals surface area contributed by atoms with Crippen molar-refractivity contribution >= 4 is 11.9 Å². The van der Waals surface area contributed by atoms with Crippen molar-refractivity contribution in [2.45, 2.75) is 43.9 Å². The van der Waals surface area contributed by atoms with Gasteiger partial charge in [0.25, 0.3) is 5.91 Å². The zero-order valence-corrected chi connectivity index (χ0v) is 10.6. The molecule has 3 unspecified atom stereocenters. The molecule has 3 amide bonds. The van der Waals surface area contributed by atoms with E-state index in [9.17, 15) is 9.59 Å². The van der Waals surface area contributed by atoms with Crippen LogP contribution in [0.1, 0.15) is 26.2 Å². The molecule has 3 saturated heterocycles. The quantitative estimate of drug-likeness (QED) is 0.671. The van der Waals surface area contributed by atoms with Gasteiger partial charge in [-0.05, 0) is 32.7 Å². The molecule has 3 fully saturated rings. The molecular formula is C12H19N3O3. The number of urea groups is 1. The molecule has 0 aromatic carbocycles. The summed E-state index contributed by atoms with van der Waals surface area (Å²) >= 11 is 0. The van der Waals surface area contributed by atoms with Crippen molar-refractivity contribution in [3.05, 3.63) is 0 Å². The van der Waals surface area contributed by atoms with Crippen LogP contribution in [0.2, 0.25) is 0 Å². The largest absolute Gasteiger partial charge is 0.373 e. The number of hydrogen-bond donors (Lipinski definition) is 2. The zero-order chi connectivity index (χ0) is 12.8. The summed E-state index contributed by atoms with van der Waals surface area (Å²) in [5, 5.41) is 5.97. The smallest absolute Gasteiger partial charge is 0.325 e. The van der Waals surface area contributed by atoms with Crippen LogP contribution in [0, 0.1) is 0 Å². The first-order valence-corrected chi connectivity index (χ1v) is 6.61. The molecule has 18 heavy (non-hydrogen) atoms. The van der Waals surface area contributed by atoms with Gasteiger partial charge in [0.15, 0.2) is 0 Å². The standard InChI is InChI=1S/C12H19N3O3/c1-8-2-3-9(18-8)6-15-10(16)12(14-11(15)17)4-5-13-7-12/h8-9,13H,2-7H2,1H3,(H,14,17). The number of ether oxygens (including phenoxy) is 1. The van der Waals surface area contributed by atoms with E-state index in [-0.39, 0.29) is 24.1 Å². The Bertz CT molecular complexity index is 379. The van der Waals surface area contributed by atoms with Gasteiger partial charge < -0.3 is 15.4 Å². The maximum atomic E-state index is 12.4. The highest BCUT2D eigenvalue weighted by Gasteiger charge is 2.53. The summed E-state index contributed by atoms with van der Waals surface area (Å²) < 4.78 is 5.68. The van der Waals surface area contributed by atoms with E-state index in [1.54, 1.807) is 0 Å². The molecule has 6 nitrogen and oxygen atoms in total. The molecule has 1 spiro atoms. The van der Waals surface area contributed by atoms with E-state index in [1.807, 2.05) is 6.92 Å². The molecule has 0 bridgehead atoms. The van der Waals surface area contributed by atoms with Crippen LogP contribution in [0.3, 0.4) is 0 Å². The van der Waals surface area contributed by atoms with Gasteiger partial charge in [0.05, 0.1) is 18.8 Å². The highest BCUT2D eigenvalue weighted by atomic mass is 16.5. The molecule has 100 valence electrons. The first-order chi connectivity index (χ1) is 8.61. The molecule has 0 saturated carbocycles. The summed E-state index contributed by atoms with van der Waals surface area (Å²) in [6.07, 6.45) is 2.83. The van der Waals surface area contributed by atoms with Crippen LogP contribution < -0.4 is 10.6 Å². The maximum absolute atomic E-state index is 12.4. The molecule has 3 rings (SSSR count). The van der Waals surface area contributed by atoms with E-state index in [1.165, 1.54) is 4.90 Å². The number of carbonyl (C=O) groups is 2. The second-order valence-electron chi connectivity index (χ2n) is 5.50. The summed E-state index contributed by atoms with van der Waals surface area (Å²) in [5.41, 5.74) is -0.693. The summed E-state index contributed by atoms with van der Waals surface area (Å²) in [5.74, 6) is -0.0966. The number of nitrogens with zero attached hydrogens (tertiary/aromatic N) is 1. The molecule has 0 radical (unpaired) electrons. The monoisotopic (exact) mass is 253 g/mol. The number of amides is 3. The van der Waals surface area contributed by atoms with E-state index >= 15 is 0 Å². The molecular weight excluding hydrogens is 234 g/mol. The summed E-state index contributed by atoms with van der Waals surface area (Å²) in [6, 6.07) is -0.271. The molecule has 0 aliphatic carbocycles. The van der Waals surface area contributed by atoms with Crippen LogP contribution >= 0.6 is 0 Å². The van der Waals surface area contributed by atoms with E-state index in [0.717, 1.165) is 19.4 Å². The first kappa shape index (κ1) is 11.9. The van der Waals surface area contributed by atoms with Gasteiger partial charge in [-0.1, -0.05) is 0 Å². The van der Waals surface area contributed by atoms with Crippen molar-refractivity contribution in [2.75, 3.05) is 19.6 Å². The number of hydrogen-bond acceptors (Lipinski definition) is 4. The Morgan fingerprint density at radius 2 is 2.28 bits per heavy atom. The van der Waals surface area contributed by atoms with Crippen molar-refractivity contribution in [3.63, 3.8) is 0 Å². The van der Waals surface area contributed by atoms with Crippen molar-refractivity contribution in [2.24, 2.45) is 0 Å². The Labute approximate surface area is 106 Å². The third-order valence-corrected chi connectivity index (χ3v) is 4.11.